The van der Waals surface area contributed by atoms with Crippen molar-refractivity contribution >= 4 is 28.9 Å². The van der Waals surface area contributed by atoms with Gasteiger partial charge in [0.15, 0.2) is 5.69 Å². The number of nitrogens with zero attached hydrogens (tertiary/aromatic N) is 3. The number of piperidine rings is 1. The van der Waals surface area contributed by atoms with Gasteiger partial charge < -0.3 is 14.2 Å². The summed E-state index contributed by atoms with van der Waals surface area (Å²) in [6.45, 7) is 2.07. The summed E-state index contributed by atoms with van der Waals surface area (Å²) >= 11 is 13.0. The van der Waals surface area contributed by atoms with E-state index in [9.17, 15) is 9.59 Å². The third kappa shape index (κ3) is 5.01. The fourth-order valence-electron chi connectivity index (χ4n) is 4.90. The molecule has 2 aliphatic rings. The minimum Gasteiger partial charge on any atom is -0.373 e. The molecule has 2 aromatic carbocycles. The fraction of sp³-hybridized carbons (Fsp3) is 0.333. The summed E-state index contributed by atoms with van der Waals surface area (Å²) in [5.74, 6) is 1.26. The molecule has 4 aromatic rings. The van der Waals surface area contributed by atoms with Crippen LogP contribution in [-0.4, -0.2) is 39.5 Å². The van der Waals surface area contributed by atoms with Crippen LogP contribution in [0.5, 0.6) is 0 Å². The Morgan fingerprint density at radius 1 is 0.974 bits per heavy atom. The first-order valence-corrected chi connectivity index (χ1v) is 13.3. The van der Waals surface area contributed by atoms with Gasteiger partial charge in [-0.15, -0.1) is 0 Å². The lowest BCUT2D eigenvalue weighted by Gasteiger charge is -2.33. The molecule has 0 atom stereocenters. The van der Waals surface area contributed by atoms with E-state index in [-0.39, 0.29) is 11.8 Å². The predicted molar refractivity (Wildman–Crippen MR) is 145 cm³/mol. The van der Waals surface area contributed by atoms with Gasteiger partial charge >= 0.3 is 5.69 Å². The predicted octanol–water partition coefficient (Wildman–Crippen LogP) is 5.15. The molecule has 1 aliphatic heterocycles. The molecular formula is C27H25Cl2N5O4. The maximum Gasteiger partial charge on any atom is 0.342 e. The first-order chi connectivity index (χ1) is 18.5. The van der Waals surface area contributed by atoms with E-state index < -0.39 is 11.2 Å². The molecule has 3 heterocycles. The second kappa shape index (κ2) is 10.4. The molecule has 11 heteroatoms. The zero-order valence-electron chi connectivity index (χ0n) is 20.4. The SMILES string of the molecule is O=c1[nH]nc(-c2ccc(N3CCC(OCc4c(-c5c(Cl)cccc5Cl)noc4C4CC4)CC3)cc2)c(=O)[nH]1. The van der Waals surface area contributed by atoms with Crippen LogP contribution in [-0.2, 0) is 11.3 Å². The Balaban J connectivity index is 1.11. The zero-order valence-corrected chi connectivity index (χ0v) is 21.9. The monoisotopic (exact) mass is 553 g/mol. The van der Waals surface area contributed by atoms with Crippen molar-refractivity contribution < 1.29 is 9.26 Å². The molecule has 9 nitrogen and oxygen atoms in total. The second-order valence-corrected chi connectivity index (χ2v) is 10.5. The highest BCUT2D eigenvalue weighted by Crippen LogP contribution is 2.46. The van der Waals surface area contributed by atoms with Gasteiger partial charge in [-0.1, -0.05) is 46.6 Å². The van der Waals surface area contributed by atoms with Crippen molar-refractivity contribution in [3.05, 3.63) is 84.7 Å². The minimum atomic E-state index is -0.628. The molecule has 6 rings (SSSR count). The molecule has 0 radical (unpaired) electrons. The van der Waals surface area contributed by atoms with Gasteiger partial charge in [-0.05, 0) is 49.9 Å². The Bertz CT molecular complexity index is 1550. The number of benzene rings is 2. The van der Waals surface area contributed by atoms with Crippen molar-refractivity contribution in [1.29, 1.82) is 0 Å². The highest BCUT2D eigenvalue weighted by atomic mass is 35.5. The van der Waals surface area contributed by atoms with Gasteiger partial charge in [-0.3, -0.25) is 9.78 Å². The summed E-state index contributed by atoms with van der Waals surface area (Å²) in [7, 11) is 0. The average molecular weight is 554 g/mol. The Kier molecular flexibility index (Phi) is 6.82. The van der Waals surface area contributed by atoms with Crippen LogP contribution in [0.25, 0.3) is 22.5 Å². The summed E-state index contributed by atoms with van der Waals surface area (Å²) in [6.07, 6.45) is 4.01. The van der Waals surface area contributed by atoms with Gasteiger partial charge in [0.2, 0.25) is 0 Å². The van der Waals surface area contributed by atoms with Crippen molar-refractivity contribution in [2.45, 2.75) is 44.3 Å². The van der Waals surface area contributed by atoms with E-state index >= 15 is 0 Å². The van der Waals surface area contributed by atoms with E-state index in [1.54, 1.807) is 12.1 Å². The van der Waals surface area contributed by atoms with E-state index in [1.165, 1.54) is 0 Å². The molecular weight excluding hydrogens is 529 g/mol. The van der Waals surface area contributed by atoms with Crippen molar-refractivity contribution in [2.75, 3.05) is 18.0 Å². The quantitative estimate of drug-likeness (QED) is 0.325. The summed E-state index contributed by atoms with van der Waals surface area (Å²) in [6, 6.07) is 13.0. The molecule has 0 amide bonds. The molecule has 1 saturated carbocycles. The van der Waals surface area contributed by atoms with E-state index in [2.05, 4.69) is 25.2 Å². The molecule has 0 spiro atoms. The lowest BCUT2D eigenvalue weighted by atomic mass is 10.0. The first kappa shape index (κ1) is 24.9. The Morgan fingerprint density at radius 2 is 1.68 bits per heavy atom. The summed E-state index contributed by atoms with van der Waals surface area (Å²) in [4.78, 5) is 27.7. The van der Waals surface area contributed by atoms with Crippen molar-refractivity contribution in [3.63, 3.8) is 0 Å². The van der Waals surface area contributed by atoms with E-state index in [1.807, 2.05) is 30.3 Å². The molecule has 196 valence electrons. The molecule has 2 aromatic heterocycles. The van der Waals surface area contributed by atoms with Gasteiger partial charge in [0.1, 0.15) is 11.5 Å². The topological polar surface area (TPSA) is 117 Å². The van der Waals surface area contributed by atoms with E-state index in [4.69, 9.17) is 32.5 Å². The standard InChI is InChI=1S/C27H25Cl2N5O4/c28-20-2-1-3-21(29)22(20)24-19(25(38-33-24)16-4-5-16)14-37-18-10-12-34(13-11-18)17-8-6-15(7-9-17)23-26(35)30-27(36)32-31-23/h1-3,6-9,16,18H,4-5,10-14H2,(H2,30,32,35,36). The molecule has 1 aliphatic carbocycles. The number of aromatic nitrogens is 4. The number of rotatable bonds is 7. The van der Waals surface area contributed by atoms with E-state index in [0.717, 1.165) is 55.8 Å². The fourth-order valence-corrected chi connectivity index (χ4v) is 5.48. The van der Waals surface area contributed by atoms with Crippen LogP contribution in [0, 0.1) is 0 Å². The Hall–Kier alpha value is -3.40. The third-order valence-electron chi connectivity index (χ3n) is 7.09. The molecule has 0 bridgehead atoms. The number of nitrogens with one attached hydrogen (secondary N) is 2. The Morgan fingerprint density at radius 3 is 2.34 bits per heavy atom. The minimum absolute atomic E-state index is 0.103. The van der Waals surface area contributed by atoms with Crippen molar-refractivity contribution in [3.8, 4) is 22.5 Å². The van der Waals surface area contributed by atoms with Crippen LogP contribution >= 0.6 is 23.2 Å². The molecule has 0 unspecified atom stereocenters. The Labute approximate surface area is 227 Å². The molecule has 38 heavy (non-hydrogen) atoms. The molecule has 2 N–H and O–H groups in total. The van der Waals surface area contributed by atoms with Gasteiger partial charge in [0.25, 0.3) is 5.56 Å². The van der Waals surface area contributed by atoms with Gasteiger partial charge in [-0.2, -0.15) is 5.10 Å². The number of H-pyrrole nitrogens is 2. The highest BCUT2D eigenvalue weighted by Gasteiger charge is 2.34. The van der Waals surface area contributed by atoms with Crippen molar-refractivity contribution in [1.82, 2.24) is 20.3 Å². The maximum atomic E-state index is 12.0. The molecule has 2 fully saturated rings. The number of aromatic amines is 2. The van der Waals surface area contributed by atoms with E-state index in [0.29, 0.717) is 39.4 Å². The smallest absolute Gasteiger partial charge is 0.342 e. The normalized spacial score (nSPS) is 16.2. The number of hydrogen-bond acceptors (Lipinski definition) is 7. The van der Waals surface area contributed by atoms with Crippen molar-refractivity contribution in [2.24, 2.45) is 0 Å². The summed E-state index contributed by atoms with van der Waals surface area (Å²) in [5.41, 5.74) is 3.01. The lowest BCUT2D eigenvalue weighted by molar-refractivity contribution is 0.0246. The van der Waals surface area contributed by atoms with Gasteiger partial charge in [0.05, 0.1) is 22.8 Å². The zero-order chi connectivity index (χ0) is 26.2. The summed E-state index contributed by atoms with van der Waals surface area (Å²) < 4.78 is 12.1. The largest absolute Gasteiger partial charge is 0.373 e. The lowest BCUT2D eigenvalue weighted by Crippen LogP contribution is -2.37. The highest BCUT2D eigenvalue weighted by molar-refractivity contribution is 6.39. The van der Waals surface area contributed by atoms with Crippen LogP contribution in [0.2, 0.25) is 10.0 Å². The second-order valence-electron chi connectivity index (χ2n) is 9.64. The van der Waals surface area contributed by atoms with Crippen LogP contribution in [0.4, 0.5) is 5.69 Å². The number of hydrogen-bond donors (Lipinski definition) is 2. The van der Waals surface area contributed by atoms with Gasteiger partial charge in [-0.25, -0.2) is 9.89 Å². The van der Waals surface area contributed by atoms with Gasteiger partial charge in [0, 0.05) is 41.4 Å². The third-order valence-corrected chi connectivity index (χ3v) is 7.72. The van der Waals surface area contributed by atoms with Crippen LogP contribution in [0.1, 0.15) is 42.9 Å². The average Bonchev–Trinajstić information content (AvgIpc) is 3.68. The van der Waals surface area contributed by atoms with Crippen LogP contribution < -0.4 is 16.1 Å². The number of anilines is 1. The summed E-state index contributed by atoms with van der Waals surface area (Å²) in [5, 5.41) is 11.5. The first-order valence-electron chi connectivity index (χ1n) is 12.6. The molecule has 1 saturated heterocycles. The number of ether oxygens (including phenoxy) is 1. The maximum absolute atomic E-state index is 12.0. The van der Waals surface area contributed by atoms with Crippen LogP contribution in [0.15, 0.2) is 56.6 Å². The number of halogens is 2. The van der Waals surface area contributed by atoms with Crippen LogP contribution in [0.3, 0.4) is 0 Å².